The fourth-order valence-electron chi connectivity index (χ4n) is 3.99. The van der Waals surface area contributed by atoms with Gasteiger partial charge >= 0.3 is 0 Å². The Bertz CT molecular complexity index is 1280. The molecule has 0 amide bonds. The number of pyridine rings is 1. The molecule has 10 heteroatoms. The molecule has 3 aromatic heterocycles. The van der Waals surface area contributed by atoms with Gasteiger partial charge in [0.2, 0.25) is 0 Å². The molecule has 4 aromatic rings. The SMILES string of the molecule is O=c1c2ccc(N3CCN(Cc4nnc5ccccn45)CC3)cc2ncn1CC(F)F. The number of nitrogens with zero attached hydrogens (tertiary/aromatic N) is 7. The Morgan fingerprint density at radius 3 is 2.68 bits per heavy atom. The van der Waals surface area contributed by atoms with E-state index in [2.05, 4.69) is 25.0 Å². The van der Waals surface area contributed by atoms with E-state index < -0.39 is 18.5 Å². The zero-order chi connectivity index (χ0) is 21.4. The minimum Gasteiger partial charge on any atom is -0.369 e. The van der Waals surface area contributed by atoms with Crippen LogP contribution in [0.25, 0.3) is 16.6 Å². The van der Waals surface area contributed by atoms with Crippen molar-refractivity contribution in [1.29, 1.82) is 0 Å². The van der Waals surface area contributed by atoms with Crippen LogP contribution < -0.4 is 10.5 Å². The smallest absolute Gasteiger partial charge is 0.261 e. The highest BCUT2D eigenvalue weighted by atomic mass is 19.3. The Balaban J connectivity index is 1.28. The molecule has 0 atom stereocenters. The van der Waals surface area contributed by atoms with Crippen molar-refractivity contribution in [3.63, 3.8) is 0 Å². The van der Waals surface area contributed by atoms with Crippen LogP contribution in [0.4, 0.5) is 14.5 Å². The average Bonchev–Trinajstić information content (AvgIpc) is 3.19. The predicted octanol–water partition coefficient (Wildman–Crippen LogP) is 2.03. The summed E-state index contributed by atoms with van der Waals surface area (Å²) in [5, 5.41) is 8.86. The van der Waals surface area contributed by atoms with E-state index in [4.69, 9.17) is 0 Å². The highest BCUT2D eigenvalue weighted by Crippen LogP contribution is 2.21. The second-order valence-electron chi connectivity index (χ2n) is 7.60. The van der Waals surface area contributed by atoms with E-state index in [1.807, 2.05) is 40.9 Å². The summed E-state index contributed by atoms with van der Waals surface area (Å²) >= 11 is 0. The normalized spacial score (nSPS) is 15.4. The third kappa shape index (κ3) is 3.86. The summed E-state index contributed by atoms with van der Waals surface area (Å²) in [4.78, 5) is 21.2. The molecule has 0 saturated carbocycles. The van der Waals surface area contributed by atoms with Crippen LogP contribution in [0.5, 0.6) is 0 Å². The van der Waals surface area contributed by atoms with Gasteiger partial charge in [-0.2, -0.15) is 0 Å². The zero-order valence-corrected chi connectivity index (χ0v) is 16.7. The summed E-state index contributed by atoms with van der Waals surface area (Å²) in [5.41, 5.74) is 1.89. The number of hydrogen-bond donors (Lipinski definition) is 0. The Morgan fingerprint density at radius 1 is 1.03 bits per heavy atom. The molecule has 1 saturated heterocycles. The number of halogens is 2. The van der Waals surface area contributed by atoms with E-state index in [1.54, 1.807) is 6.07 Å². The molecule has 4 heterocycles. The van der Waals surface area contributed by atoms with Gasteiger partial charge in [0.1, 0.15) is 0 Å². The van der Waals surface area contributed by atoms with E-state index in [1.165, 1.54) is 6.33 Å². The van der Waals surface area contributed by atoms with Crippen LogP contribution in [0.3, 0.4) is 0 Å². The maximum absolute atomic E-state index is 12.6. The van der Waals surface area contributed by atoms with Gasteiger partial charge in [0.15, 0.2) is 11.5 Å². The van der Waals surface area contributed by atoms with Gasteiger partial charge in [-0.15, -0.1) is 10.2 Å². The van der Waals surface area contributed by atoms with Gasteiger partial charge in [0.25, 0.3) is 12.0 Å². The average molecular weight is 425 g/mol. The molecule has 1 fully saturated rings. The second-order valence-corrected chi connectivity index (χ2v) is 7.60. The molecule has 0 bridgehead atoms. The van der Waals surface area contributed by atoms with Gasteiger partial charge in [0, 0.05) is 38.1 Å². The lowest BCUT2D eigenvalue weighted by Crippen LogP contribution is -2.46. The zero-order valence-electron chi connectivity index (χ0n) is 16.7. The van der Waals surface area contributed by atoms with E-state index in [9.17, 15) is 13.6 Å². The minimum atomic E-state index is -2.59. The molecule has 31 heavy (non-hydrogen) atoms. The van der Waals surface area contributed by atoms with E-state index in [0.717, 1.165) is 54.4 Å². The lowest BCUT2D eigenvalue weighted by molar-refractivity contribution is 0.125. The summed E-state index contributed by atoms with van der Waals surface area (Å²) in [7, 11) is 0. The topological polar surface area (TPSA) is 71.6 Å². The standard InChI is InChI=1S/C21H21F2N7O/c22-18(23)12-29-14-24-17-11-15(4-5-16(17)21(29)31)28-9-7-27(8-10-28)13-20-26-25-19-3-1-2-6-30(19)20/h1-6,11,14,18H,7-10,12-13H2. The lowest BCUT2D eigenvalue weighted by atomic mass is 10.2. The molecule has 0 radical (unpaired) electrons. The largest absolute Gasteiger partial charge is 0.369 e. The lowest BCUT2D eigenvalue weighted by Gasteiger charge is -2.35. The fourth-order valence-corrected chi connectivity index (χ4v) is 3.99. The van der Waals surface area contributed by atoms with Crippen molar-refractivity contribution >= 4 is 22.2 Å². The van der Waals surface area contributed by atoms with Gasteiger partial charge in [-0.05, 0) is 30.3 Å². The number of fused-ring (bicyclic) bond motifs is 2. The highest BCUT2D eigenvalue weighted by Gasteiger charge is 2.20. The molecule has 5 rings (SSSR count). The van der Waals surface area contributed by atoms with Crippen LogP contribution in [0.15, 0.2) is 53.7 Å². The minimum absolute atomic E-state index is 0.351. The molecule has 1 aliphatic heterocycles. The third-order valence-electron chi connectivity index (χ3n) is 5.63. The summed E-state index contributed by atoms with van der Waals surface area (Å²) in [6, 6.07) is 11.2. The molecule has 1 aromatic carbocycles. The number of hydrogen-bond acceptors (Lipinski definition) is 6. The third-order valence-corrected chi connectivity index (χ3v) is 5.63. The molecule has 160 valence electrons. The van der Waals surface area contributed by atoms with E-state index in [0.29, 0.717) is 10.9 Å². The van der Waals surface area contributed by atoms with E-state index >= 15 is 0 Å². The van der Waals surface area contributed by atoms with Crippen molar-refractivity contribution in [2.75, 3.05) is 31.1 Å². The van der Waals surface area contributed by atoms with Gasteiger partial charge in [-0.3, -0.25) is 18.7 Å². The summed E-state index contributed by atoms with van der Waals surface area (Å²) in [6.45, 7) is 3.45. The van der Waals surface area contributed by atoms with Gasteiger partial charge < -0.3 is 4.90 Å². The Kier molecular flexibility index (Phi) is 5.06. The number of piperazine rings is 1. The Labute approximate surface area is 176 Å². The van der Waals surface area contributed by atoms with Crippen molar-refractivity contribution < 1.29 is 8.78 Å². The summed E-state index contributed by atoms with van der Waals surface area (Å²) in [6.07, 6.45) is 0.572. The van der Waals surface area contributed by atoms with Crippen molar-refractivity contribution in [2.45, 2.75) is 19.5 Å². The van der Waals surface area contributed by atoms with Gasteiger partial charge in [-0.25, -0.2) is 13.8 Å². The molecule has 1 aliphatic rings. The first-order chi connectivity index (χ1) is 15.1. The van der Waals surface area contributed by atoms with E-state index in [-0.39, 0.29) is 0 Å². The van der Waals surface area contributed by atoms with Crippen molar-refractivity contribution in [3.05, 3.63) is 65.1 Å². The highest BCUT2D eigenvalue weighted by molar-refractivity contribution is 5.81. The Morgan fingerprint density at radius 2 is 1.87 bits per heavy atom. The molecule has 0 spiro atoms. The van der Waals surface area contributed by atoms with Crippen molar-refractivity contribution in [1.82, 2.24) is 29.0 Å². The number of rotatable bonds is 5. The number of alkyl halides is 2. The number of aromatic nitrogens is 5. The first-order valence-electron chi connectivity index (χ1n) is 10.1. The molecule has 0 aliphatic carbocycles. The fraction of sp³-hybridized carbons (Fsp3) is 0.333. The first kappa shape index (κ1) is 19.6. The van der Waals surface area contributed by atoms with Crippen molar-refractivity contribution in [3.8, 4) is 0 Å². The monoisotopic (exact) mass is 425 g/mol. The number of anilines is 1. The maximum atomic E-state index is 12.6. The molecule has 0 unspecified atom stereocenters. The Hall–Kier alpha value is -3.40. The van der Waals surface area contributed by atoms with Crippen LogP contribution in [-0.2, 0) is 13.1 Å². The first-order valence-corrected chi connectivity index (χ1v) is 10.1. The summed E-state index contributed by atoms with van der Waals surface area (Å²) < 4.78 is 28.2. The predicted molar refractivity (Wildman–Crippen MR) is 112 cm³/mol. The van der Waals surface area contributed by atoms with Crippen LogP contribution >= 0.6 is 0 Å². The summed E-state index contributed by atoms with van der Waals surface area (Å²) in [5.74, 6) is 0.916. The maximum Gasteiger partial charge on any atom is 0.261 e. The molecular weight excluding hydrogens is 404 g/mol. The van der Waals surface area contributed by atoms with Crippen LogP contribution in [0, 0.1) is 0 Å². The van der Waals surface area contributed by atoms with Gasteiger partial charge in [-0.1, -0.05) is 6.07 Å². The molecule has 0 N–H and O–H groups in total. The molecule has 8 nitrogen and oxygen atoms in total. The quantitative estimate of drug-likeness (QED) is 0.487. The molecular formula is C21H21F2N7O. The second kappa shape index (κ2) is 8.03. The van der Waals surface area contributed by atoms with Crippen LogP contribution in [0.1, 0.15) is 5.82 Å². The van der Waals surface area contributed by atoms with Crippen LogP contribution in [-0.4, -0.2) is 61.7 Å². The number of benzene rings is 1. The van der Waals surface area contributed by atoms with Gasteiger partial charge in [0.05, 0.1) is 30.3 Å². The van der Waals surface area contributed by atoms with Crippen LogP contribution in [0.2, 0.25) is 0 Å². The van der Waals surface area contributed by atoms with Crippen molar-refractivity contribution in [2.24, 2.45) is 0 Å².